The molecule has 1 amide bonds. The lowest BCUT2D eigenvalue weighted by Crippen LogP contribution is -2.15. The molecule has 0 aliphatic heterocycles. The molecule has 26 heavy (non-hydrogen) atoms. The lowest BCUT2D eigenvalue weighted by Gasteiger charge is -2.14. The topological polar surface area (TPSA) is 66.9 Å². The number of aryl methyl sites for hydroxylation is 1. The highest BCUT2D eigenvalue weighted by Crippen LogP contribution is 2.20. The molecule has 0 radical (unpaired) electrons. The highest BCUT2D eigenvalue weighted by molar-refractivity contribution is 6.30. The molecule has 1 atom stereocenters. The summed E-state index contributed by atoms with van der Waals surface area (Å²) in [6.07, 6.45) is 3.02. The van der Waals surface area contributed by atoms with Crippen LogP contribution in [0.4, 0.5) is 11.6 Å². The monoisotopic (exact) mass is 366 g/mol. The van der Waals surface area contributed by atoms with Gasteiger partial charge in [-0.15, -0.1) is 0 Å². The Morgan fingerprint density at radius 3 is 2.42 bits per heavy atom. The van der Waals surface area contributed by atoms with E-state index in [1.54, 1.807) is 18.2 Å². The van der Waals surface area contributed by atoms with Crippen LogP contribution in [0.25, 0.3) is 0 Å². The smallest absolute Gasteiger partial charge is 0.258 e. The van der Waals surface area contributed by atoms with Crippen molar-refractivity contribution in [1.82, 2.24) is 9.97 Å². The summed E-state index contributed by atoms with van der Waals surface area (Å²) in [6, 6.07) is 15.4. The Morgan fingerprint density at radius 1 is 1.08 bits per heavy atom. The van der Waals surface area contributed by atoms with Crippen LogP contribution in [0, 0.1) is 6.92 Å². The fraction of sp³-hybridized carbons (Fsp3) is 0.150. The molecule has 1 heterocycles. The summed E-state index contributed by atoms with van der Waals surface area (Å²) in [6.45, 7) is 3.92. The molecule has 0 fully saturated rings. The van der Waals surface area contributed by atoms with Gasteiger partial charge in [0.15, 0.2) is 0 Å². The van der Waals surface area contributed by atoms with E-state index in [4.69, 9.17) is 11.6 Å². The minimum atomic E-state index is -0.266. The SMILES string of the molecule is Cc1cc(Cl)ccc1NC(=O)c1cnc(NC(C)c2ccccc2)nc1. The molecule has 2 aromatic carbocycles. The van der Waals surface area contributed by atoms with E-state index in [1.165, 1.54) is 12.4 Å². The zero-order valence-corrected chi connectivity index (χ0v) is 15.3. The Bertz CT molecular complexity index is 897. The van der Waals surface area contributed by atoms with Gasteiger partial charge in [-0.3, -0.25) is 4.79 Å². The molecule has 0 spiro atoms. The number of carbonyl (C=O) groups excluding carboxylic acids is 1. The standard InChI is InChI=1S/C20H19ClN4O/c1-13-10-17(21)8-9-18(13)25-19(26)16-11-22-20(23-12-16)24-14(2)15-6-4-3-5-7-15/h3-12,14H,1-2H3,(H,25,26)(H,22,23,24). The van der Waals surface area contributed by atoms with Crippen molar-refractivity contribution >= 4 is 29.1 Å². The largest absolute Gasteiger partial charge is 0.348 e. The third-order valence-electron chi connectivity index (χ3n) is 4.00. The zero-order valence-electron chi connectivity index (χ0n) is 14.5. The maximum absolute atomic E-state index is 12.4. The van der Waals surface area contributed by atoms with Crippen LogP contribution in [0.15, 0.2) is 60.9 Å². The maximum Gasteiger partial charge on any atom is 0.258 e. The maximum atomic E-state index is 12.4. The van der Waals surface area contributed by atoms with Crippen LogP contribution in [0.3, 0.4) is 0 Å². The average Bonchev–Trinajstić information content (AvgIpc) is 2.65. The van der Waals surface area contributed by atoms with Gasteiger partial charge in [0.2, 0.25) is 5.95 Å². The second-order valence-corrected chi connectivity index (χ2v) is 6.42. The van der Waals surface area contributed by atoms with E-state index < -0.39 is 0 Å². The van der Waals surface area contributed by atoms with Crippen molar-refractivity contribution in [2.24, 2.45) is 0 Å². The Kier molecular flexibility index (Phi) is 5.49. The van der Waals surface area contributed by atoms with Crippen LogP contribution in [0.1, 0.15) is 34.5 Å². The average molecular weight is 367 g/mol. The van der Waals surface area contributed by atoms with Gasteiger partial charge in [-0.2, -0.15) is 0 Å². The Morgan fingerprint density at radius 2 is 1.77 bits per heavy atom. The molecule has 1 aromatic heterocycles. The highest BCUT2D eigenvalue weighted by atomic mass is 35.5. The van der Waals surface area contributed by atoms with Crippen molar-refractivity contribution in [3.63, 3.8) is 0 Å². The quantitative estimate of drug-likeness (QED) is 0.676. The lowest BCUT2D eigenvalue weighted by molar-refractivity contribution is 0.102. The molecule has 2 N–H and O–H groups in total. The Labute approximate surface area is 157 Å². The second-order valence-electron chi connectivity index (χ2n) is 5.99. The van der Waals surface area contributed by atoms with Crippen LogP contribution in [0.5, 0.6) is 0 Å². The predicted molar refractivity (Wildman–Crippen MR) is 105 cm³/mol. The predicted octanol–water partition coefficient (Wildman–Crippen LogP) is 4.86. The Balaban J connectivity index is 1.66. The normalized spacial score (nSPS) is 11.7. The zero-order chi connectivity index (χ0) is 18.5. The fourth-order valence-corrected chi connectivity index (χ4v) is 2.73. The molecule has 1 unspecified atom stereocenters. The number of nitrogens with one attached hydrogen (secondary N) is 2. The summed E-state index contributed by atoms with van der Waals surface area (Å²) >= 11 is 5.93. The summed E-state index contributed by atoms with van der Waals surface area (Å²) in [7, 11) is 0. The first-order valence-corrected chi connectivity index (χ1v) is 8.62. The number of nitrogens with zero attached hydrogens (tertiary/aromatic N) is 2. The third kappa shape index (κ3) is 4.37. The molecule has 3 rings (SSSR count). The number of carbonyl (C=O) groups is 1. The third-order valence-corrected chi connectivity index (χ3v) is 4.23. The van der Waals surface area contributed by atoms with Gasteiger partial charge in [0.1, 0.15) is 0 Å². The fourth-order valence-electron chi connectivity index (χ4n) is 2.50. The van der Waals surface area contributed by atoms with E-state index in [2.05, 4.69) is 20.6 Å². The van der Waals surface area contributed by atoms with E-state index >= 15 is 0 Å². The van der Waals surface area contributed by atoms with E-state index in [0.717, 1.165) is 11.1 Å². The van der Waals surface area contributed by atoms with Crippen LogP contribution in [-0.2, 0) is 0 Å². The molecule has 0 saturated heterocycles. The lowest BCUT2D eigenvalue weighted by atomic mass is 10.1. The first kappa shape index (κ1) is 17.9. The number of hydrogen-bond donors (Lipinski definition) is 2. The molecular weight excluding hydrogens is 348 g/mol. The van der Waals surface area contributed by atoms with E-state index in [0.29, 0.717) is 22.2 Å². The minimum Gasteiger partial charge on any atom is -0.348 e. The first-order chi connectivity index (χ1) is 12.5. The molecule has 132 valence electrons. The molecule has 0 bridgehead atoms. The number of benzene rings is 2. The number of amides is 1. The van der Waals surface area contributed by atoms with Gasteiger partial charge in [0.25, 0.3) is 5.91 Å². The van der Waals surface area contributed by atoms with Gasteiger partial charge >= 0.3 is 0 Å². The minimum absolute atomic E-state index is 0.0626. The molecule has 0 aliphatic carbocycles. The van der Waals surface area contributed by atoms with E-state index in [-0.39, 0.29) is 11.9 Å². The number of halogens is 1. The van der Waals surface area contributed by atoms with Gasteiger partial charge in [-0.1, -0.05) is 41.9 Å². The molecule has 0 saturated carbocycles. The number of hydrogen-bond acceptors (Lipinski definition) is 4. The van der Waals surface area contributed by atoms with Crippen LogP contribution < -0.4 is 10.6 Å². The van der Waals surface area contributed by atoms with Crippen molar-refractivity contribution in [2.75, 3.05) is 10.6 Å². The number of aromatic nitrogens is 2. The van der Waals surface area contributed by atoms with Crippen LogP contribution >= 0.6 is 11.6 Å². The van der Waals surface area contributed by atoms with Gasteiger partial charge < -0.3 is 10.6 Å². The molecule has 6 heteroatoms. The van der Waals surface area contributed by atoms with Crippen molar-refractivity contribution in [3.05, 3.63) is 82.6 Å². The van der Waals surface area contributed by atoms with Gasteiger partial charge in [0, 0.05) is 23.1 Å². The number of anilines is 2. The summed E-state index contributed by atoms with van der Waals surface area (Å²) in [5, 5.41) is 6.69. The van der Waals surface area contributed by atoms with E-state index in [1.807, 2.05) is 44.2 Å². The molecule has 3 aromatic rings. The van der Waals surface area contributed by atoms with Crippen LogP contribution in [-0.4, -0.2) is 15.9 Å². The highest BCUT2D eigenvalue weighted by Gasteiger charge is 2.11. The molecular formula is C20H19ClN4O. The van der Waals surface area contributed by atoms with Crippen molar-refractivity contribution in [3.8, 4) is 0 Å². The summed E-state index contributed by atoms with van der Waals surface area (Å²) in [4.78, 5) is 20.8. The van der Waals surface area contributed by atoms with Crippen LogP contribution in [0.2, 0.25) is 5.02 Å². The first-order valence-electron chi connectivity index (χ1n) is 8.24. The van der Waals surface area contributed by atoms with Crippen molar-refractivity contribution in [2.45, 2.75) is 19.9 Å². The van der Waals surface area contributed by atoms with Gasteiger partial charge in [0.05, 0.1) is 11.6 Å². The van der Waals surface area contributed by atoms with Crippen molar-refractivity contribution < 1.29 is 4.79 Å². The molecule has 0 aliphatic rings. The Hall–Kier alpha value is -2.92. The van der Waals surface area contributed by atoms with Gasteiger partial charge in [-0.25, -0.2) is 9.97 Å². The molecule has 5 nitrogen and oxygen atoms in total. The summed E-state index contributed by atoms with van der Waals surface area (Å²) in [5.74, 6) is 0.207. The summed E-state index contributed by atoms with van der Waals surface area (Å²) < 4.78 is 0. The second kappa shape index (κ2) is 7.97. The summed E-state index contributed by atoms with van der Waals surface area (Å²) in [5.41, 5.74) is 3.12. The van der Waals surface area contributed by atoms with Crippen molar-refractivity contribution in [1.29, 1.82) is 0 Å². The number of rotatable bonds is 5. The van der Waals surface area contributed by atoms with Gasteiger partial charge in [-0.05, 0) is 43.2 Å². The van der Waals surface area contributed by atoms with E-state index in [9.17, 15) is 4.79 Å².